The summed E-state index contributed by atoms with van der Waals surface area (Å²) in [4.78, 5) is 0. The molecule has 0 aromatic heterocycles. The van der Waals surface area contributed by atoms with Crippen molar-refractivity contribution in [1.82, 2.24) is 5.32 Å². The number of rotatable bonds is 4. The van der Waals surface area contributed by atoms with Gasteiger partial charge in [0.25, 0.3) is 0 Å². The van der Waals surface area contributed by atoms with Gasteiger partial charge in [-0.15, -0.1) is 0 Å². The molecule has 1 aliphatic rings. The van der Waals surface area contributed by atoms with Crippen molar-refractivity contribution in [3.8, 4) is 0 Å². The summed E-state index contributed by atoms with van der Waals surface area (Å²) in [6.45, 7) is 2.74. The van der Waals surface area contributed by atoms with Crippen molar-refractivity contribution in [3.05, 3.63) is 34.3 Å². The summed E-state index contributed by atoms with van der Waals surface area (Å²) in [7, 11) is 1.99. The van der Waals surface area contributed by atoms with E-state index in [-0.39, 0.29) is 5.41 Å². The molecule has 1 fully saturated rings. The van der Waals surface area contributed by atoms with Gasteiger partial charge in [-0.25, -0.2) is 0 Å². The standard InChI is InChI=1S/C12H16BrNO/c1-14-6-5-12(8-15-9-12)10-3-2-4-11(13)7-10/h2-4,7,14H,5-6,8-9H2,1H3. The van der Waals surface area contributed by atoms with E-state index in [1.54, 1.807) is 0 Å². The van der Waals surface area contributed by atoms with Crippen molar-refractivity contribution in [2.45, 2.75) is 11.8 Å². The van der Waals surface area contributed by atoms with E-state index in [2.05, 4.69) is 45.5 Å². The van der Waals surface area contributed by atoms with Gasteiger partial charge in [-0.1, -0.05) is 28.1 Å². The van der Waals surface area contributed by atoms with Crippen LogP contribution >= 0.6 is 15.9 Å². The minimum atomic E-state index is 0.243. The van der Waals surface area contributed by atoms with E-state index in [1.807, 2.05) is 7.05 Å². The van der Waals surface area contributed by atoms with Crippen LogP contribution in [0.15, 0.2) is 28.7 Å². The summed E-state index contributed by atoms with van der Waals surface area (Å²) < 4.78 is 6.54. The van der Waals surface area contributed by atoms with E-state index in [4.69, 9.17) is 4.74 Å². The first kappa shape index (κ1) is 11.1. The predicted octanol–water partition coefficient (Wildman–Crippen LogP) is 2.33. The van der Waals surface area contributed by atoms with Crippen LogP contribution in [0.1, 0.15) is 12.0 Å². The number of hydrogen-bond donors (Lipinski definition) is 1. The van der Waals surface area contributed by atoms with E-state index < -0.39 is 0 Å². The lowest BCUT2D eigenvalue weighted by Gasteiger charge is -2.42. The molecule has 1 aromatic carbocycles. The van der Waals surface area contributed by atoms with Gasteiger partial charge in [0.15, 0.2) is 0 Å². The number of ether oxygens (including phenoxy) is 1. The third-order valence-corrected chi connectivity index (χ3v) is 3.54. The molecule has 0 amide bonds. The Morgan fingerprint density at radius 3 is 2.80 bits per heavy atom. The second-order valence-electron chi connectivity index (χ2n) is 4.14. The number of benzene rings is 1. The molecule has 0 aliphatic carbocycles. The molecule has 2 nitrogen and oxygen atoms in total. The first-order valence-electron chi connectivity index (χ1n) is 5.25. The van der Waals surface area contributed by atoms with Crippen LogP contribution < -0.4 is 5.32 Å². The number of hydrogen-bond acceptors (Lipinski definition) is 2. The zero-order valence-electron chi connectivity index (χ0n) is 8.92. The molecule has 1 heterocycles. The molecule has 0 bridgehead atoms. The van der Waals surface area contributed by atoms with Crippen molar-refractivity contribution in [2.24, 2.45) is 0 Å². The fourth-order valence-corrected chi connectivity index (χ4v) is 2.39. The van der Waals surface area contributed by atoms with Crippen LogP contribution in [0.25, 0.3) is 0 Å². The third kappa shape index (κ3) is 2.25. The topological polar surface area (TPSA) is 21.3 Å². The van der Waals surface area contributed by atoms with E-state index in [1.165, 1.54) is 5.56 Å². The molecular weight excluding hydrogens is 254 g/mol. The van der Waals surface area contributed by atoms with Gasteiger partial charge in [0.1, 0.15) is 0 Å². The van der Waals surface area contributed by atoms with Gasteiger partial charge >= 0.3 is 0 Å². The zero-order chi connectivity index (χ0) is 10.7. The smallest absolute Gasteiger partial charge is 0.0586 e. The maximum atomic E-state index is 5.39. The molecular formula is C12H16BrNO. The Balaban J connectivity index is 2.18. The molecule has 0 radical (unpaired) electrons. The Hall–Kier alpha value is -0.380. The van der Waals surface area contributed by atoms with Crippen LogP contribution in [0.4, 0.5) is 0 Å². The molecule has 82 valence electrons. The highest BCUT2D eigenvalue weighted by atomic mass is 79.9. The van der Waals surface area contributed by atoms with Crippen LogP contribution in [0, 0.1) is 0 Å². The van der Waals surface area contributed by atoms with Crippen LogP contribution in [0.5, 0.6) is 0 Å². The zero-order valence-corrected chi connectivity index (χ0v) is 10.5. The maximum Gasteiger partial charge on any atom is 0.0586 e. The summed E-state index contributed by atoms with van der Waals surface area (Å²) in [5, 5.41) is 3.21. The molecule has 1 saturated heterocycles. The van der Waals surface area contributed by atoms with E-state index >= 15 is 0 Å². The Morgan fingerprint density at radius 2 is 2.27 bits per heavy atom. The number of halogens is 1. The summed E-state index contributed by atoms with van der Waals surface area (Å²) in [6, 6.07) is 8.56. The summed E-state index contributed by atoms with van der Waals surface area (Å²) in [5.74, 6) is 0. The average Bonchev–Trinajstić information content (AvgIpc) is 2.16. The van der Waals surface area contributed by atoms with Gasteiger partial charge in [0.05, 0.1) is 13.2 Å². The minimum absolute atomic E-state index is 0.243. The Kier molecular flexibility index (Phi) is 3.44. The summed E-state index contributed by atoms with van der Waals surface area (Å²) in [6.07, 6.45) is 1.14. The van der Waals surface area contributed by atoms with Crippen molar-refractivity contribution in [3.63, 3.8) is 0 Å². The first-order valence-corrected chi connectivity index (χ1v) is 6.04. The van der Waals surface area contributed by atoms with E-state index in [0.29, 0.717) is 0 Å². The fourth-order valence-electron chi connectivity index (χ4n) is 1.99. The van der Waals surface area contributed by atoms with Crippen LogP contribution in [-0.2, 0) is 10.2 Å². The molecule has 0 spiro atoms. The van der Waals surface area contributed by atoms with Crippen LogP contribution in [0.3, 0.4) is 0 Å². The summed E-state index contributed by atoms with van der Waals surface area (Å²) in [5.41, 5.74) is 1.63. The monoisotopic (exact) mass is 269 g/mol. The molecule has 1 aromatic rings. The Bertz CT molecular complexity index is 336. The van der Waals surface area contributed by atoms with Crippen molar-refractivity contribution >= 4 is 15.9 Å². The molecule has 0 unspecified atom stereocenters. The van der Waals surface area contributed by atoms with Crippen LogP contribution in [0.2, 0.25) is 0 Å². The van der Waals surface area contributed by atoms with Gasteiger partial charge < -0.3 is 10.1 Å². The SMILES string of the molecule is CNCCC1(c2cccc(Br)c2)COC1. The quantitative estimate of drug-likeness (QED) is 0.906. The molecule has 1 aliphatic heterocycles. The van der Waals surface area contributed by atoms with Gasteiger partial charge in [-0.2, -0.15) is 0 Å². The van der Waals surface area contributed by atoms with Gasteiger partial charge in [0.2, 0.25) is 0 Å². The lowest BCUT2D eigenvalue weighted by molar-refractivity contribution is -0.0638. The van der Waals surface area contributed by atoms with Gasteiger partial charge in [-0.3, -0.25) is 0 Å². The second kappa shape index (κ2) is 4.64. The lowest BCUT2D eigenvalue weighted by Crippen LogP contribution is -2.48. The molecule has 2 rings (SSSR count). The van der Waals surface area contributed by atoms with Crippen molar-refractivity contribution in [2.75, 3.05) is 26.8 Å². The second-order valence-corrected chi connectivity index (χ2v) is 5.05. The Morgan fingerprint density at radius 1 is 1.47 bits per heavy atom. The van der Waals surface area contributed by atoms with Crippen LogP contribution in [-0.4, -0.2) is 26.8 Å². The predicted molar refractivity (Wildman–Crippen MR) is 65.2 cm³/mol. The molecule has 0 saturated carbocycles. The first-order chi connectivity index (χ1) is 7.27. The number of nitrogens with one attached hydrogen (secondary N) is 1. The van der Waals surface area contributed by atoms with E-state index in [0.717, 1.165) is 30.7 Å². The molecule has 3 heteroatoms. The summed E-state index contributed by atoms with van der Waals surface area (Å²) >= 11 is 3.52. The van der Waals surface area contributed by atoms with Crippen molar-refractivity contribution in [1.29, 1.82) is 0 Å². The third-order valence-electron chi connectivity index (χ3n) is 3.05. The minimum Gasteiger partial charge on any atom is -0.379 e. The molecule has 15 heavy (non-hydrogen) atoms. The lowest BCUT2D eigenvalue weighted by atomic mass is 9.76. The molecule has 0 atom stereocenters. The molecule has 1 N–H and O–H groups in total. The highest BCUT2D eigenvalue weighted by Crippen LogP contribution is 2.36. The highest BCUT2D eigenvalue weighted by molar-refractivity contribution is 9.10. The normalized spacial score (nSPS) is 18.5. The maximum absolute atomic E-state index is 5.39. The average molecular weight is 270 g/mol. The Labute approximate surface area is 99.1 Å². The highest BCUT2D eigenvalue weighted by Gasteiger charge is 2.39. The van der Waals surface area contributed by atoms with Gasteiger partial charge in [0, 0.05) is 9.89 Å². The fraction of sp³-hybridized carbons (Fsp3) is 0.500. The van der Waals surface area contributed by atoms with Gasteiger partial charge in [-0.05, 0) is 37.7 Å². The van der Waals surface area contributed by atoms with Crippen molar-refractivity contribution < 1.29 is 4.74 Å². The van der Waals surface area contributed by atoms with E-state index in [9.17, 15) is 0 Å². The largest absolute Gasteiger partial charge is 0.379 e.